The number of aryl methyl sites for hydroxylation is 1. The van der Waals surface area contributed by atoms with Gasteiger partial charge in [-0.3, -0.25) is 4.98 Å². The monoisotopic (exact) mass is 544 g/mol. The first-order chi connectivity index (χ1) is 18.9. The molecular weight excluding hydrogens is 516 g/mol. The molecule has 2 atom stereocenters. The number of rotatable bonds is 7. The number of allylic oxidation sites excluding steroid dienone is 1. The van der Waals surface area contributed by atoms with Crippen LogP contribution in [-0.4, -0.2) is 45.7 Å². The molecule has 5 heterocycles. The molecule has 0 aliphatic carbocycles. The second-order valence-corrected chi connectivity index (χ2v) is 11.4. The third-order valence-corrected chi connectivity index (χ3v) is 8.46. The Balaban J connectivity index is 1.22. The Kier molecular flexibility index (Phi) is 6.49. The smallest absolute Gasteiger partial charge is 0.262 e. The lowest BCUT2D eigenvalue weighted by Gasteiger charge is -2.26. The molecule has 0 amide bonds. The van der Waals surface area contributed by atoms with Crippen LogP contribution in [0.5, 0.6) is 0 Å². The summed E-state index contributed by atoms with van der Waals surface area (Å²) < 4.78 is 33.7. The van der Waals surface area contributed by atoms with Crippen molar-refractivity contribution in [2.75, 3.05) is 16.8 Å². The molecule has 2 aliphatic heterocycles. The third kappa shape index (κ3) is 4.95. The molecule has 12 heteroatoms. The van der Waals surface area contributed by atoms with Crippen molar-refractivity contribution in [1.82, 2.24) is 29.9 Å². The highest BCUT2D eigenvalue weighted by molar-refractivity contribution is 7.89. The summed E-state index contributed by atoms with van der Waals surface area (Å²) in [6, 6.07) is 16.0. The van der Waals surface area contributed by atoms with Gasteiger partial charge in [0.15, 0.2) is 5.76 Å². The number of benzene rings is 1. The highest BCUT2D eigenvalue weighted by atomic mass is 32.2. The van der Waals surface area contributed by atoms with E-state index in [1.54, 1.807) is 48.8 Å². The lowest BCUT2D eigenvalue weighted by atomic mass is 10.1. The molecule has 1 aromatic carbocycles. The minimum absolute atomic E-state index is 0.0705. The SMILES string of the molecule is CC1=CC(Nc2ccnc(N3CCCC3c3cc(-c4ccccn4)no3)n2)N(S(=O)(=O)c2ccc(C)cc2)N1. The minimum Gasteiger partial charge on any atom is -0.358 e. The molecule has 2 N–H and O–H groups in total. The van der Waals surface area contributed by atoms with Crippen LogP contribution in [0.3, 0.4) is 0 Å². The van der Waals surface area contributed by atoms with Crippen molar-refractivity contribution in [1.29, 1.82) is 0 Å². The lowest BCUT2D eigenvalue weighted by Crippen LogP contribution is -2.46. The molecule has 11 nitrogen and oxygen atoms in total. The first-order valence-corrected chi connectivity index (χ1v) is 14.1. The van der Waals surface area contributed by atoms with E-state index < -0.39 is 16.2 Å². The van der Waals surface area contributed by atoms with Crippen LogP contribution in [0.15, 0.2) is 88.2 Å². The van der Waals surface area contributed by atoms with Crippen LogP contribution in [0, 0.1) is 6.92 Å². The fourth-order valence-corrected chi connectivity index (χ4v) is 6.20. The Bertz CT molecular complexity index is 1610. The van der Waals surface area contributed by atoms with E-state index in [1.165, 1.54) is 4.41 Å². The Morgan fingerprint density at radius 2 is 1.87 bits per heavy atom. The van der Waals surface area contributed by atoms with Gasteiger partial charge in [-0.05, 0) is 63.1 Å². The molecule has 0 radical (unpaired) electrons. The Hall–Kier alpha value is -4.29. The van der Waals surface area contributed by atoms with Gasteiger partial charge in [-0.15, -0.1) is 0 Å². The van der Waals surface area contributed by atoms with Crippen LogP contribution in [0.25, 0.3) is 11.4 Å². The van der Waals surface area contributed by atoms with Gasteiger partial charge in [-0.1, -0.05) is 33.3 Å². The minimum atomic E-state index is -3.82. The van der Waals surface area contributed by atoms with Gasteiger partial charge < -0.3 is 20.2 Å². The summed E-state index contributed by atoms with van der Waals surface area (Å²) in [6.07, 6.45) is 6.33. The van der Waals surface area contributed by atoms with Gasteiger partial charge in [0.05, 0.1) is 16.6 Å². The van der Waals surface area contributed by atoms with Crippen LogP contribution in [0.2, 0.25) is 0 Å². The largest absolute Gasteiger partial charge is 0.358 e. The van der Waals surface area contributed by atoms with Gasteiger partial charge in [-0.25, -0.2) is 13.4 Å². The van der Waals surface area contributed by atoms with Crippen LogP contribution in [-0.2, 0) is 10.0 Å². The second-order valence-electron chi connectivity index (χ2n) is 9.59. The summed E-state index contributed by atoms with van der Waals surface area (Å²) in [6.45, 7) is 4.49. The summed E-state index contributed by atoms with van der Waals surface area (Å²) in [5.74, 6) is 1.75. The zero-order chi connectivity index (χ0) is 27.0. The molecule has 0 saturated carbocycles. The summed E-state index contributed by atoms with van der Waals surface area (Å²) >= 11 is 0. The summed E-state index contributed by atoms with van der Waals surface area (Å²) in [5, 5.41) is 7.46. The zero-order valence-corrected chi connectivity index (χ0v) is 22.3. The maximum Gasteiger partial charge on any atom is 0.262 e. The standard InChI is InChI=1S/C27H28N8O3S/c1-18-8-10-20(11-9-18)39(36,37)35-26(16-19(2)32-35)30-25-12-14-29-27(31-25)34-15-5-7-23(34)24-17-22(33-38-24)21-6-3-4-13-28-21/h3-4,6,8-14,16-17,23,26,32H,5,7,15H2,1-2H3,(H,29,30,31). The average molecular weight is 545 g/mol. The Morgan fingerprint density at radius 3 is 2.67 bits per heavy atom. The van der Waals surface area contributed by atoms with Crippen molar-refractivity contribution in [2.24, 2.45) is 0 Å². The average Bonchev–Trinajstić information content (AvgIpc) is 3.70. The Labute approximate surface area is 226 Å². The van der Waals surface area contributed by atoms with Crippen LogP contribution in [0.1, 0.15) is 37.1 Å². The number of pyridine rings is 1. The summed E-state index contributed by atoms with van der Waals surface area (Å²) in [4.78, 5) is 15.9. The zero-order valence-electron chi connectivity index (χ0n) is 21.5. The predicted octanol–water partition coefficient (Wildman–Crippen LogP) is 4.03. The van der Waals surface area contributed by atoms with Gasteiger partial charge in [0.1, 0.15) is 17.7 Å². The highest BCUT2D eigenvalue weighted by Crippen LogP contribution is 2.36. The molecule has 0 spiro atoms. The van der Waals surface area contributed by atoms with Crippen molar-refractivity contribution in [3.05, 3.63) is 90.1 Å². The van der Waals surface area contributed by atoms with E-state index >= 15 is 0 Å². The molecule has 6 rings (SSSR count). The summed E-state index contributed by atoms with van der Waals surface area (Å²) in [7, 11) is -3.82. The molecule has 3 aromatic heterocycles. The first-order valence-electron chi connectivity index (χ1n) is 12.7. The van der Waals surface area contributed by atoms with Crippen molar-refractivity contribution in [3.8, 4) is 11.4 Å². The summed E-state index contributed by atoms with van der Waals surface area (Å²) in [5.41, 5.74) is 6.09. The van der Waals surface area contributed by atoms with E-state index in [-0.39, 0.29) is 10.9 Å². The Morgan fingerprint density at radius 1 is 1.03 bits per heavy atom. The third-order valence-electron chi connectivity index (χ3n) is 6.76. The predicted molar refractivity (Wildman–Crippen MR) is 146 cm³/mol. The van der Waals surface area contributed by atoms with Gasteiger partial charge in [0, 0.05) is 30.7 Å². The van der Waals surface area contributed by atoms with Crippen LogP contribution in [0.4, 0.5) is 11.8 Å². The van der Waals surface area contributed by atoms with Gasteiger partial charge in [0.25, 0.3) is 10.0 Å². The molecule has 2 unspecified atom stereocenters. The van der Waals surface area contributed by atoms with Gasteiger partial charge in [0.2, 0.25) is 5.95 Å². The number of hydrazine groups is 1. The molecule has 0 bridgehead atoms. The number of hydrogen-bond acceptors (Lipinski definition) is 10. The van der Waals surface area contributed by atoms with Gasteiger partial charge in [-0.2, -0.15) is 4.98 Å². The first kappa shape index (κ1) is 25.0. The molecule has 39 heavy (non-hydrogen) atoms. The van der Waals surface area contributed by atoms with E-state index in [9.17, 15) is 8.42 Å². The fraction of sp³-hybridized carbons (Fsp3) is 0.259. The second kappa shape index (κ2) is 10.1. The van der Waals surface area contributed by atoms with E-state index in [0.717, 1.165) is 36.4 Å². The van der Waals surface area contributed by atoms with Crippen LogP contribution < -0.4 is 15.6 Å². The fourth-order valence-electron chi connectivity index (χ4n) is 4.82. The maximum atomic E-state index is 13.4. The molecule has 2 aliphatic rings. The molecule has 1 fully saturated rings. The van der Waals surface area contributed by atoms with Crippen LogP contribution >= 0.6 is 0 Å². The van der Waals surface area contributed by atoms with E-state index in [0.29, 0.717) is 23.2 Å². The lowest BCUT2D eigenvalue weighted by molar-refractivity contribution is 0.351. The number of hydrogen-bond donors (Lipinski definition) is 2. The maximum absolute atomic E-state index is 13.4. The quantitative estimate of drug-likeness (QED) is 0.352. The van der Waals surface area contributed by atoms with E-state index in [1.807, 2.05) is 38.1 Å². The van der Waals surface area contributed by atoms with Crippen molar-refractivity contribution >= 4 is 21.8 Å². The molecule has 1 saturated heterocycles. The highest BCUT2D eigenvalue weighted by Gasteiger charge is 2.36. The number of aromatic nitrogens is 4. The number of nitrogens with one attached hydrogen (secondary N) is 2. The molecule has 4 aromatic rings. The van der Waals surface area contributed by atoms with Crippen molar-refractivity contribution in [2.45, 2.75) is 43.8 Å². The van der Waals surface area contributed by atoms with Crippen molar-refractivity contribution < 1.29 is 12.9 Å². The number of anilines is 2. The number of sulfonamides is 1. The molecular formula is C27H28N8O3S. The topological polar surface area (TPSA) is 129 Å². The van der Waals surface area contributed by atoms with Crippen molar-refractivity contribution in [3.63, 3.8) is 0 Å². The van der Waals surface area contributed by atoms with E-state index in [4.69, 9.17) is 9.51 Å². The van der Waals surface area contributed by atoms with Gasteiger partial charge >= 0.3 is 0 Å². The normalized spacial score (nSPS) is 19.6. The number of nitrogens with zero attached hydrogens (tertiary/aromatic N) is 6. The molecule has 200 valence electrons. The van der Waals surface area contributed by atoms with E-state index in [2.05, 4.69) is 30.8 Å².